The fourth-order valence-corrected chi connectivity index (χ4v) is 2.81. The van der Waals surface area contributed by atoms with Gasteiger partial charge in [0.15, 0.2) is 0 Å². The van der Waals surface area contributed by atoms with Crippen LogP contribution in [0.2, 0.25) is 0 Å². The summed E-state index contributed by atoms with van der Waals surface area (Å²) in [5, 5.41) is 0. The summed E-state index contributed by atoms with van der Waals surface area (Å²) >= 11 is 0. The Labute approximate surface area is 181 Å². The van der Waals surface area contributed by atoms with Gasteiger partial charge >= 0.3 is 0 Å². The van der Waals surface area contributed by atoms with E-state index in [1.54, 1.807) is 0 Å². The van der Waals surface area contributed by atoms with Crippen molar-refractivity contribution < 1.29 is 56.6 Å². The maximum absolute atomic E-state index is 2.20. The molecule has 0 atom stereocenters. The second kappa shape index (κ2) is 14.0. The van der Waals surface area contributed by atoms with Crippen molar-refractivity contribution in [1.82, 2.24) is 0 Å². The van der Waals surface area contributed by atoms with Gasteiger partial charge in [-0.25, -0.2) is 34.6 Å². The molecule has 0 fully saturated rings. The topological polar surface area (TPSA) is 94.5 Å². The first-order valence-electron chi connectivity index (χ1n) is 7.50. The first kappa shape index (κ1) is 35.9. The van der Waals surface area contributed by atoms with Crippen molar-refractivity contribution in [2.45, 2.75) is 69.2 Å². The van der Waals surface area contributed by atoms with E-state index < -0.39 is 0 Å². The Morgan fingerprint density at radius 2 is 0.600 bits per heavy atom. The van der Waals surface area contributed by atoms with Crippen LogP contribution in [-0.4, -0.2) is 16.4 Å². The number of rotatable bonds is 0. The third kappa shape index (κ3) is 7.19. The molecule has 2 aromatic carbocycles. The predicted octanol–water partition coefficient (Wildman–Crippen LogP) is 3.42. The summed E-state index contributed by atoms with van der Waals surface area (Å²) in [5.74, 6) is 0. The van der Waals surface area contributed by atoms with E-state index in [0.717, 1.165) is 0 Å². The maximum atomic E-state index is 2.20. The van der Waals surface area contributed by atoms with Gasteiger partial charge in [0.1, 0.15) is 0 Å². The van der Waals surface area contributed by atoms with Crippen molar-refractivity contribution in [2.75, 3.05) is 0 Å². The van der Waals surface area contributed by atoms with Crippen molar-refractivity contribution in [2.24, 2.45) is 0 Å². The SMILES string of the molecule is C[c-]1[c-](C)[c-](C)[c-](C)[c-]1C.Cc1c(C)c(C)[c-](C)c1C.O.O.O.[Ir].[Ir]. The van der Waals surface area contributed by atoms with E-state index in [0.29, 0.717) is 0 Å². The summed E-state index contributed by atoms with van der Waals surface area (Å²) in [6.07, 6.45) is 0. The molecule has 0 amide bonds. The van der Waals surface area contributed by atoms with E-state index in [2.05, 4.69) is 69.2 Å². The third-order valence-electron chi connectivity index (χ3n) is 5.62. The van der Waals surface area contributed by atoms with Crippen molar-refractivity contribution in [3.63, 3.8) is 0 Å². The van der Waals surface area contributed by atoms with Crippen molar-refractivity contribution in [3.05, 3.63) is 55.6 Å². The molecule has 0 bridgehead atoms. The molecule has 158 valence electrons. The van der Waals surface area contributed by atoms with Gasteiger partial charge in [0.05, 0.1) is 0 Å². The molecule has 2 rings (SSSR count). The third-order valence-corrected chi connectivity index (χ3v) is 5.62. The van der Waals surface area contributed by atoms with Gasteiger partial charge in [-0.15, -0.1) is 0 Å². The van der Waals surface area contributed by atoms with Crippen LogP contribution in [0.3, 0.4) is 0 Å². The van der Waals surface area contributed by atoms with Gasteiger partial charge in [0.25, 0.3) is 0 Å². The van der Waals surface area contributed by atoms with Crippen LogP contribution in [0, 0.1) is 69.2 Å². The first-order chi connectivity index (χ1) is 9.11. The van der Waals surface area contributed by atoms with E-state index in [9.17, 15) is 0 Å². The minimum atomic E-state index is 0. The molecule has 0 aromatic heterocycles. The molecular formula is C20H36Ir2O3-6. The molecule has 25 heavy (non-hydrogen) atoms. The van der Waals surface area contributed by atoms with E-state index in [-0.39, 0.29) is 56.6 Å². The van der Waals surface area contributed by atoms with E-state index in [1.807, 2.05) is 0 Å². The molecule has 0 aliphatic rings. The van der Waals surface area contributed by atoms with E-state index >= 15 is 0 Å². The average Bonchev–Trinajstić information content (AvgIpc) is 2.71. The van der Waals surface area contributed by atoms with Crippen LogP contribution in [-0.2, 0) is 40.2 Å². The standard InChI is InChI=1S/2C10H15.2Ir.3H2O/c2*1-6-7(2)9(4)10(5)8(6)3;;;;;/h2*1-5H3;;;3*1H2/q-5;-1;;;;;. The Bertz CT molecular complexity index is 422. The first-order valence-corrected chi connectivity index (χ1v) is 7.50. The second-order valence-electron chi connectivity index (χ2n) is 6.25. The van der Waals surface area contributed by atoms with Gasteiger partial charge in [0, 0.05) is 40.2 Å². The summed E-state index contributed by atoms with van der Waals surface area (Å²) < 4.78 is 0. The fourth-order valence-electron chi connectivity index (χ4n) is 2.81. The Hall–Kier alpha value is -0.121. The zero-order chi connectivity index (χ0) is 15.8. The Kier molecular flexibility index (Phi) is 20.1. The van der Waals surface area contributed by atoms with Crippen LogP contribution in [0.15, 0.2) is 0 Å². The number of hydrogen-bond donors (Lipinski definition) is 0. The van der Waals surface area contributed by atoms with Gasteiger partial charge in [-0.05, 0) is 0 Å². The van der Waals surface area contributed by atoms with Crippen LogP contribution in [0.1, 0.15) is 55.6 Å². The normalized spacial score (nSPS) is 8.40. The number of hydrogen-bond acceptors (Lipinski definition) is 0. The van der Waals surface area contributed by atoms with E-state index in [1.165, 1.54) is 55.6 Å². The van der Waals surface area contributed by atoms with Crippen LogP contribution in [0.5, 0.6) is 0 Å². The molecule has 3 nitrogen and oxygen atoms in total. The smallest absolute Gasteiger partial charge is 0 e. The van der Waals surface area contributed by atoms with Gasteiger partial charge in [-0.2, -0.15) is 27.8 Å². The zero-order valence-electron chi connectivity index (χ0n) is 17.2. The molecular weight excluding hydrogens is 673 g/mol. The van der Waals surface area contributed by atoms with Gasteiger partial charge < -0.3 is 44.2 Å². The Morgan fingerprint density at radius 3 is 0.680 bits per heavy atom. The second-order valence-corrected chi connectivity index (χ2v) is 6.25. The fraction of sp³-hybridized carbons (Fsp3) is 0.500. The van der Waals surface area contributed by atoms with Crippen LogP contribution < -0.4 is 0 Å². The molecule has 0 saturated heterocycles. The van der Waals surface area contributed by atoms with Crippen LogP contribution in [0.4, 0.5) is 0 Å². The molecule has 0 aliphatic heterocycles. The average molecular weight is 709 g/mol. The molecule has 2 aromatic rings. The summed E-state index contributed by atoms with van der Waals surface area (Å²) in [5.41, 5.74) is 14.7. The van der Waals surface area contributed by atoms with E-state index in [4.69, 9.17) is 0 Å². The van der Waals surface area contributed by atoms with Gasteiger partial charge in [-0.3, -0.25) is 0 Å². The van der Waals surface area contributed by atoms with Crippen molar-refractivity contribution in [3.8, 4) is 0 Å². The zero-order valence-corrected chi connectivity index (χ0v) is 22.0. The monoisotopic (exact) mass is 710 g/mol. The maximum Gasteiger partial charge on any atom is 0 e. The summed E-state index contributed by atoms with van der Waals surface area (Å²) in [6.45, 7) is 22.0. The quantitative estimate of drug-likeness (QED) is 0.376. The summed E-state index contributed by atoms with van der Waals surface area (Å²) in [6, 6.07) is 0. The van der Waals surface area contributed by atoms with Crippen LogP contribution >= 0.6 is 0 Å². The Balaban J connectivity index is -0.0000000889. The molecule has 0 saturated carbocycles. The Morgan fingerprint density at radius 1 is 0.440 bits per heavy atom. The molecule has 0 heterocycles. The minimum Gasteiger partial charge on any atom is -0.731 e. The van der Waals surface area contributed by atoms with Crippen LogP contribution in [0.25, 0.3) is 0 Å². The van der Waals surface area contributed by atoms with Crippen molar-refractivity contribution in [1.29, 1.82) is 0 Å². The van der Waals surface area contributed by atoms with Crippen molar-refractivity contribution >= 4 is 0 Å². The molecule has 0 aliphatic carbocycles. The summed E-state index contributed by atoms with van der Waals surface area (Å²) in [7, 11) is 0. The molecule has 6 N–H and O–H groups in total. The molecule has 0 unspecified atom stereocenters. The summed E-state index contributed by atoms with van der Waals surface area (Å²) in [4.78, 5) is 0. The minimum absolute atomic E-state index is 0. The molecule has 5 heteroatoms. The molecule has 2 radical (unpaired) electrons. The van der Waals surface area contributed by atoms with Gasteiger partial charge in [0.2, 0.25) is 0 Å². The predicted molar refractivity (Wildman–Crippen MR) is 102 cm³/mol. The largest absolute Gasteiger partial charge is 0.731 e. The molecule has 0 spiro atoms. The van der Waals surface area contributed by atoms with Gasteiger partial charge in [-0.1, -0.05) is 34.6 Å².